The second-order valence-corrected chi connectivity index (χ2v) is 7.94. The number of hydrogen-bond donors (Lipinski definition) is 0. The summed E-state index contributed by atoms with van der Waals surface area (Å²) < 4.78 is 29.8. The van der Waals surface area contributed by atoms with Crippen LogP contribution < -0.4 is 0 Å². The fourth-order valence-corrected chi connectivity index (χ4v) is 3.72. The molecule has 0 aliphatic carbocycles. The van der Waals surface area contributed by atoms with E-state index in [1.807, 2.05) is 20.8 Å². The first-order chi connectivity index (χ1) is 8.08. The van der Waals surface area contributed by atoms with Crippen LogP contribution in [0.1, 0.15) is 27.2 Å². The summed E-state index contributed by atoms with van der Waals surface area (Å²) in [6, 6.07) is -0.128. The van der Waals surface area contributed by atoms with Gasteiger partial charge in [0.15, 0.2) is 0 Å². The van der Waals surface area contributed by atoms with Gasteiger partial charge >= 0.3 is 6.09 Å². The lowest BCUT2D eigenvalue weighted by Gasteiger charge is -2.33. The van der Waals surface area contributed by atoms with Crippen molar-refractivity contribution < 1.29 is 17.9 Å². The summed E-state index contributed by atoms with van der Waals surface area (Å²) in [5.74, 6) is 0. The van der Waals surface area contributed by atoms with Gasteiger partial charge in [0, 0.05) is 19.1 Å². The molecule has 104 valence electrons. The van der Waals surface area contributed by atoms with Gasteiger partial charge in [0.2, 0.25) is 10.0 Å². The highest BCUT2D eigenvalue weighted by Crippen LogP contribution is 2.33. The van der Waals surface area contributed by atoms with Crippen molar-refractivity contribution in [3.05, 3.63) is 0 Å². The van der Waals surface area contributed by atoms with E-state index < -0.39 is 15.6 Å². The minimum absolute atomic E-state index is 0.0421. The number of carbonyl (C=O) groups excluding carboxylic acids is 1. The molecular formula is C11H20N2O4S. The van der Waals surface area contributed by atoms with Gasteiger partial charge in [-0.2, -0.15) is 4.31 Å². The van der Waals surface area contributed by atoms with Crippen molar-refractivity contribution in [1.82, 2.24) is 9.21 Å². The maximum atomic E-state index is 11.9. The van der Waals surface area contributed by atoms with Crippen LogP contribution in [0.4, 0.5) is 4.79 Å². The maximum absolute atomic E-state index is 11.9. The lowest BCUT2D eigenvalue weighted by Crippen LogP contribution is -2.51. The van der Waals surface area contributed by atoms with Gasteiger partial charge in [-0.3, -0.25) is 0 Å². The summed E-state index contributed by atoms with van der Waals surface area (Å²) >= 11 is 0. The van der Waals surface area contributed by atoms with Gasteiger partial charge in [-0.05, 0) is 27.2 Å². The van der Waals surface area contributed by atoms with E-state index >= 15 is 0 Å². The summed E-state index contributed by atoms with van der Waals surface area (Å²) in [6.45, 7) is 6.29. The molecule has 2 aliphatic heterocycles. The summed E-state index contributed by atoms with van der Waals surface area (Å²) in [6.07, 6.45) is 1.58. The minimum Gasteiger partial charge on any atom is -0.444 e. The highest BCUT2D eigenvalue weighted by Gasteiger charge is 2.49. The van der Waals surface area contributed by atoms with Gasteiger partial charge in [0.05, 0.1) is 12.3 Å². The Morgan fingerprint density at radius 3 is 2.22 bits per heavy atom. The predicted octanol–water partition coefficient (Wildman–Crippen LogP) is 0.640. The Hall–Kier alpha value is -0.820. The first-order valence-electron chi connectivity index (χ1n) is 6.04. The third-order valence-corrected chi connectivity index (χ3v) is 4.54. The third-order valence-electron chi connectivity index (χ3n) is 3.24. The second kappa shape index (κ2) is 4.09. The van der Waals surface area contributed by atoms with Gasteiger partial charge in [-0.1, -0.05) is 0 Å². The molecule has 2 rings (SSSR count). The standard InChI is InChI=1S/C11H20N2O4S/c1-11(2,3)17-10(14)12-6-9-5-8(12)7-13(9)18(4,15)16/h8-9H,5-7H2,1-4H3. The highest BCUT2D eigenvalue weighted by atomic mass is 32.2. The zero-order valence-corrected chi connectivity index (χ0v) is 12.0. The average molecular weight is 276 g/mol. The van der Waals surface area contributed by atoms with Crippen molar-refractivity contribution in [2.45, 2.75) is 44.9 Å². The van der Waals surface area contributed by atoms with Crippen LogP contribution in [0.3, 0.4) is 0 Å². The van der Waals surface area contributed by atoms with Gasteiger partial charge < -0.3 is 9.64 Å². The van der Waals surface area contributed by atoms with Gasteiger partial charge in [0.25, 0.3) is 0 Å². The first-order valence-corrected chi connectivity index (χ1v) is 7.89. The molecule has 0 aromatic heterocycles. The Morgan fingerprint density at radius 2 is 1.83 bits per heavy atom. The van der Waals surface area contributed by atoms with E-state index in [2.05, 4.69) is 0 Å². The molecule has 2 saturated heterocycles. The molecular weight excluding hydrogens is 256 g/mol. The number of hydrogen-bond acceptors (Lipinski definition) is 4. The molecule has 0 radical (unpaired) electrons. The van der Waals surface area contributed by atoms with Gasteiger partial charge in [0.1, 0.15) is 5.60 Å². The minimum atomic E-state index is -3.16. The molecule has 2 bridgehead atoms. The number of sulfonamides is 1. The second-order valence-electron chi connectivity index (χ2n) is 6.01. The molecule has 2 aliphatic rings. The number of likely N-dealkylation sites (tertiary alicyclic amines) is 1. The van der Waals surface area contributed by atoms with Crippen molar-refractivity contribution in [3.8, 4) is 0 Å². The molecule has 2 heterocycles. The number of nitrogens with zero attached hydrogens (tertiary/aromatic N) is 2. The number of piperazine rings is 1. The fraction of sp³-hybridized carbons (Fsp3) is 0.909. The Morgan fingerprint density at radius 1 is 1.22 bits per heavy atom. The number of amides is 1. The van der Waals surface area contributed by atoms with E-state index in [0.29, 0.717) is 19.5 Å². The largest absolute Gasteiger partial charge is 0.444 e. The topological polar surface area (TPSA) is 66.9 Å². The van der Waals surface area contributed by atoms with E-state index in [0.717, 1.165) is 0 Å². The molecule has 1 amide bonds. The van der Waals surface area contributed by atoms with Crippen LogP contribution in [0.25, 0.3) is 0 Å². The van der Waals surface area contributed by atoms with E-state index in [9.17, 15) is 13.2 Å². The van der Waals surface area contributed by atoms with Crippen molar-refractivity contribution in [1.29, 1.82) is 0 Å². The van der Waals surface area contributed by atoms with Crippen molar-refractivity contribution in [2.24, 2.45) is 0 Å². The molecule has 2 atom stereocenters. The van der Waals surface area contributed by atoms with Crippen LogP contribution in [0.5, 0.6) is 0 Å². The Labute approximate surface area is 108 Å². The van der Waals surface area contributed by atoms with Crippen LogP contribution in [0.2, 0.25) is 0 Å². The van der Waals surface area contributed by atoms with Crippen LogP contribution in [-0.2, 0) is 14.8 Å². The lowest BCUT2D eigenvalue weighted by atomic mass is 10.2. The summed E-state index contributed by atoms with van der Waals surface area (Å²) in [4.78, 5) is 13.6. The van der Waals surface area contributed by atoms with Crippen molar-refractivity contribution >= 4 is 16.1 Å². The number of rotatable bonds is 1. The fourth-order valence-electron chi connectivity index (χ4n) is 2.58. The molecule has 0 spiro atoms. The van der Waals surface area contributed by atoms with E-state index in [1.165, 1.54) is 10.6 Å². The summed E-state index contributed by atoms with van der Waals surface area (Å²) in [7, 11) is -3.16. The molecule has 6 nitrogen and oxygen atoms in total. The van der Waals surface area contributed by atoms with Crippen LogP contribution in [-0.4, -0.2) is 60.7 Å². The number of ether oxygens (including phenoxy) is 1. The molecule has 18 heavy (non-hydrogen) atoms. The van der Waals surface area contributed by atoms with Gasteiger partial charge in [-0.15, -0.1) is 0 Å². The van der Waals surface area contributed by atoms with E-state index in [4.69, 9.17) is 4.74 Å². The molecule has 0 aromatic rings. The van der Waals surface area contributed by atoms with Crippen LogP contribution >= 0.6 is 0 Å². The Kier molecular flexibility index (Phi) is 3.09. The SMILES string of the molecule is CC(C)(C)OC(=O)N1CC2CC1CN2S(C)(=O)=O. The summed E-state index contributed by atoms with van der Waals surface area (Å²) in [5, 5.41) is 0. The third kappa shape index (κ3) is 2.61. The van der Waals surface area contributed by atoms with Crippen molar-refractivity contribution in [2.75, 3.05) is 19.3 Å². The Balaban J connectivity index is 2.02. The molecule has 0 saturated carbocycles. The van der Waals surface area contributed by atoms with E-state index in [-0.39, 0.29) is 18.2 Å². The van der Waals surface area contributed by atoms with Crippen molar-refractivity contribution in [3.63, 3.8) is 0 Å². The molecule has 7 heteroatoms. The van der Waals surface area contributed by atoms with E-state index in [1.54, 1.807) is 4.90 Å². The zero-order chi connectivity index (χ0) is 13.7. The molecule has 2 fully saturated rings. The zero-order valence-electron chi connectivity index (χ0n) is 11.2. The average Bonchev–Trinajstić information content (AvgIpc) is 2.71. The van der Waals surface area contributed by atoms with Crippen LogP contribution in [0.15, 0.2) is 0 Å². The Bertz CT molecular complexity index is 454. The number of fused-ring (bicyclic) bond motifs is 2. The summed E-state index contributed by atoms with van der Waals surface area (Å²) in [5.41, 5.74) is -0.518. The monoisotopic (exact) mass is 276 g/mol. The normalized spacial score (nSPS) is 28.8. The predicted molar refractivity (Wildman–Crippen MR) is 66.7 cm³/mol. The number of carbonyl (C=O) groups is 1. The highest BCUT2D eigenvalue weighted by molar-refractivity contribution is 7.88. The molecule has 0 aromatic carbocycles. The quantitative estimate of drug-likeness (QED) is 0.705. The molecule has 2 unspecified atom stereocenters. The van der Waals surface area contributed by atoms with Crippen LogP contribution in [0, 0.1) is 0 Å². The first kappa shape index (κ1) is 13.6. The van der Waals surface area contributed by atoms with Gasteiger partial charge in [-0.25, -0.2) is 13.2 Å². The smallest absolute Gasteiger partial charge is 0.410 e. The lowest BCUT2D eigenvalue weighted by molar-refractivity contribution is 0.0173. The molecule has 0 N–H and O–H groups in total. The maximum Gasteiger partial charge on any atom is 0.410 e.